The number of hydrogen-bond donors (Lipinski definition) is 1. The Balaban J connectivity index is 2.52. The van der Waals surface area contributed by atoms with Gasteiger partial charge in [-0.1, -0.05) is 17.7 Å². The zero-order valence-corrected chi connectivity index (χ0v) is 6.93. The van der Waals surface area contributed by atoms with Gasteiger partial charge in [-0.05, 0) is 11.6 Å². The maximum Gasteiger partial charge on any atom is 0.129 e. The molecular weight excluding hydrogens is 164 g/mol. The van der Waals surface area contributed by atoms with Crippen molar-refractivity contribution in [2.75, 3.05) is 7.11 Å². The lowest BCUT2D eigenvalue weighted by molar-refractivity contribution is 0.0866. The number of aromatic nitrogens is 1. The van der Waals surface area contributed by atoms with Gasteiger partial charge in [-0.25, -0.2) is 4.98 Å². The van der Waals surface area contributed by atoms with Crippen LogP contribution in [0.4, 0.5) is 0 Å². The molecule has 0 saturated carbocycles. The Morgan fingerprint density at radius 3 is 3.00 bits per heavy atom. The van der Waals surface area contributed by atoms with Crippen LogP contribution in [0.2, 0.25) is 5.15 Å². The normalized spacial score (nSPS) is 10.0. The molecule has 0 radical (unpaired) electrons. The first kappa shape index (κ1) is 8.46. The van der Waals surface area contributed by atoms with Crippen molar-refractivity contribution in [3.63, 3.8) is 0 Å². The number of halogens is 1. The first-order chi connectivity index (χ1) is 5.33. The van der Waals surface area contributed by atoms with E-state index >= 15 is 0 Å². The monoisotopic (exact) mass is 172 g/mol. The average Bonchev–Trinajstić information content (AvgIpc) is 2.04. The summed E-state index contributed by atoms with van der Waals surface area (Å²) in [7, 11) is 1.57. The number of rotatable bonds is 3. The van der Waals surface area contributed by atoms with Gasteiger partial charge in [0.05, 0.1) is 7.11 Å². The Morgan fingerprint density at radius 2 is 2.45 bits per heavy atom. The molecule has 0 fully saturated rings. The molecule has 3 nitrogen and oxygen atoms in total. The zero-order chi connectivity index (χ0) is 8.10. The van der Waals surface area contributed by atoms with E-state index in [1.165, 1.54) is 0 Å². The standard InChI is InChI=1S/C7H9ClN2O/c1-11-10-5-6-2-3-7(8)9-4-6/h2-4,10H,5H2,1H3. The molecule has 4 heteroatoms. The second kappa shape index (κ2) is 4.28. The summed E-state index contributed by atoms with van der Waals surface area (Å²) in [5, 5.41) is 0.506. The molecule has 1 aromatic heterocycles. The highest BCUT2D eigenvalue weighted by atomic mass is 35.5. The molecule has 0 spiro atoms. The summed E-state index contributed by atoms with van der Waals surface area (Å²) in [6, 6.07) is 3.63. The molecule has 0 bridgehead atoms. The molecule has 0 atom stereocenters. The fourth-order valence-electron chi connectivity index (χ4n) is 0.667. The molecule has 0 aromatic carbocycles. The molecular formula is C7H9ClN2O. The average molecular weight is 173 g/mol. The molecule has 0 aliphatic carbocycles. The van der Waals surface area contributed by atoms with E-state index in [0.29, 0.717) is 11.7 Å². The third-order valence-electron chi connectivity index (χ3n) is 1.21. The molecule has 0 aliphatic rings. The molecule has 1 rings (SSSR count). The van der Waals surface area contributed by atoms with Crippen molar-refractivity contribution < 1.29 is 4.84 Å². The minimum atomic E-state index is 0.506. The molecule has 0 unspecified atom stereocenters. The topological polar surface area (TPSA) is 34.1 Å². The van der Waals surface area contributed by atoms with Crippen molar-refractivity contribution in [2.45, 2.75) is 6.54 Å². The van der Waals surface area contributed by atoms with Crippen LogP contribution in [0.3, 0.4) is 0 Å². The highest BCUT2D eigenvalue weighted by Crippen LogP contribution is 2.04. The van der Waals surface area contributed by atoms with Gasteiger partial charge in [0.2, 0.25) is 0 Å². The smallest absolute Gasteiger partial charge is 0.129 e. The van der Waals surface area contributed by atoms with Crippen LogP contribution in [-0.4, -0.2) is 12.1 Å². The van der Waals surface area contributed by atoms with E-state index in [2.05, 4.69) is 15.3 Å². The minimum Gasteiger partial charge on any atom is -0.305 e. The van der Waals surface area contributed by atoms with Gasteiger partial charge < -0.3 is 4.84 Å². The summed E-state index contributed by atoms with van der Waals surface area (Å²) >= 11 is 5.58. The Kier molecular flexibility index (Phi) is 3.29. The second-order valence-electron chi connectivity index (χ2n) is 2.01. The first-order valence-electron chi connectivity index (χ1n) is 3.19. The van der Waals surface area contributed by atoms with E-state index in [9.17, 15) is 0 Å². The van der Waals surface area contributed by atoms with E-state index in [1.807, 2.05) is 6.07 Å². The van der Waals surface area contributed by atoms with Gasteiger partial charge in [0, 0.05) is 12.7 Å². The van der Waals surface area contributed by atoms with Crippen LogP contribution in [0.5, 0.6) is 0 Å². The van der Waals surface area contributed by atoms with E-state index in [1.54, 1.807) is 19.4 Å². The van der Waals surface area contributed by atoms with Crippen molar-refractivity contribution in [1.29, 1.82) is 0 Å². The Labute approximate surface area is 70.3 Å². The number of nitrogens with zero attached hydrogens (tertiary/aromatic N) is 1. The summed E-state index contributed by atoms with van der Waals surface area (Å²) < 4.78 is 0. The SMILES string of the molecule is CONCc1ccc(Cl)nc1. The minimum absolute atomic E-state index is 0.506. The van der Waals surface area contributed by atoms with Gasteiger partial charge in [-0.3, -0.25) is 0 Å². The fourth-order valence-corrected chi connectivity index (χ4v) is 0.778. The lowest BCUT2D eigenvalue weighted by Crippen LogP contribution is -2.10. The fraction of sp³-hybridized carbons (Fsp3) is 0.286. The molecule has 0 saturated heterocycles. The predicted octanol–water partition coefficient (Wildman–Crippen LogP) is 1.39. The summed E-state index contributed by atoms with van der Waals surface area (Å²) in [6.45, 7) is 0.640. The van der Waals surface area contributed by atoms with Gasteiger partial charge in [0.1, 0.15) is 5.15 Å². The molecule has 0 amide bonds. The molecule has 1 aromatic rings. The lowest BCUT2D eigenvalue weighted by Gasteiger charge is -2.00. The van der Waals surface area contributed by atoms with Crippen molar-refractivity contribution in [1.82, 2.24) is 10.5 Å². The highest BCUT2D eigenvalue weighted by molar-refractivity contribution is 6.29. The van der Waals surface area contributed by atoms with E-state index < -0.39 is 0 Å². The van der Waals surface area contributed by atoms with Gasteiger partial charge in [-0.2, -0.15) is 5.48 Å². The Morgan fingerprint density at radius 1 is 1.64 bits per heavy atom. The maximum atomic E-state index is 5.58. The van der Waals surface area contributed by atoms with Crippen LogP contribution in [0.1, 0.15) is 5.56 Å². The number of pyridine rings is 1. The van der Waals surface area contributed by atoms with Crippen molar-refractivity contribution >= 4 is 11.6 Å². The van der Waals surface area contributed by atoms with Crippen LogP contribution in [0.15, 0.2) is 18.3 Å². The van der Waals surface area contributed by atoms with E-state index in [-0.39, 0.29) is 0 Å². The van der Waals surface area contributed by atoms with Crippen LogP contribution < -0.4 is 5.48 Å². The molecule has 1 heterocycles. The quantitative estimate of drug-likeness (QED) is 0.553. The first-order valence-corrected chi connectivity index (χ1v) is 3.57. The van der Waals surface area contributed by atoms with Crippen molar-refractivity contribution in [2.24, 2.45) is 0 Å². The summed E-state index contributed by atoms with van der Waals surface area (Å²) in [4.78, 5) is 8.57. The predicted molar refractivity (Wildman–Crippen MR) is 43.1 cm³/mol. The van der Waals surface area contributed by atoms with Crippen LogP contribution in [-0.2, 0) is 11.4 Å². The highest BCUT2D eigenvalue weighted by Gasteiger charge is 1.91. The molecule has 11 heavy (non-hydrogen) atoms. The lowest BCUT2D eigenvalue weighted by atomic mass is 10.3. The maximum absolute atomic E-state index is 5.58. The van der Waals surface area contributed by atoms with E-state index in [4.69, 9.17) is 11.6 Å². The van der Waals surface area contributed by atoms with Crippen LogP contribution >= 0.6 is 11.6 Å². The third kappa shape index (κ3) is 2.84. The summed E-state index contributed by atoms with van der Waals surface area (Å²) in [6.07, 6.45) is 1.70. The Hall–Kier alpha value is -0.640. The summed E-state index contributed by atoms with van der Waals surface area (Å²) in [5.41, 5.74) is 3.74. The molecule has 60 valence electrons. The number of nitrogens with one attached hydrogen (secondary N) is 1. The number of hydrogen-bond acceptors (Lipinski definition) is 3. The van der Waals surface area contributed by atoms with Crippen molar-refractivity contribution in [3.8, 4) is 0 Å². The van der Waals surface area contributed by atoms with Gasteiger partial charge >= 0.3 is 0 Å². The van der Waals surface area contributed by atoms with E-state index in [0.717, 1.165) is 5.56 Å². The van der Waals surface area contributed by atoms with Crippen molar-refractivity contribution in [3.05, 3.63) is 29.0 Å². The Bertz CT molecular complexity index is 212. The second-order valence-corrected chi connectivity index (χ2v) is 2.40. The third-order valence-corrected chi connectivity index (χ3v) is 1.43. The van der Waals surface area contributed by atoms with Crippen LogP contribution in [0, 0.1) is 0 Å². The molecule has 0 aliphatic heterocycles. The van der Waals surface area contributed by atoms with Crippen LogP contribution in [0.25, 0.3) is 0 Å². The zero-order valence-electron chi connectivity index (χ0n) is 6.17. The van der Waals surface area contributed by atoms with Gasteiger partial charge in [-0.15, -0.1) is 0 Å². The summed E-state index contributed by atoms with van der Waals surface area (Å²) in [5.74, 6) is 0. The van der Waals surface area contributed by atoms with Gasteiger partial charge in [0.25, 0.3) is 0 Å². The number of hydroxylamine groups is 1. The van der Waals surface area contributed by atoms with Gasteiger partial charge in [0.15, 0.2) is 0 Å². The molecule has 1 N–H and O–H groups in total. The largest absolute Gasteiger partial charge is 0.305 e.